The van der Waals surface area contributed by atoms with Crippen molar-refractivity contribution in [2.24, 2.45) is 0 Å². The Morgan fingerprint density at radius 2 is 2.25 bits per heavy atom. The van der Waals surface area contributed by atoms with Gasteiger partial charge in [-0.2, -0.15) is 0 Å². The number of amides is 1. The van der Waals surface area contributed by atoms with Gasteiger partial charge in [-0.3, -0.25) is 9.20 Å². The Morgan fingerprint density at radius 1 is 1.38 bits per heavy atom. The van der Waals surface area contributed by atoms with Gasteiger partial charge in [0.2, 0.25) is 0 Å². The lowest BCUT2D eigenvalue weighted by Crippen LogP contribution is -2.38. The molecule has 0 N–H and O–H groups in total. The van der Waals surface area contributed by atoms with Crippen LogP contribution in [-0.4, -0.2) is 38.6 Å². The Bertz CT molecular complexity index is 924. The second-order valence-corrected chi connectivity index (χ2v) is 6.24. The SMILES string of the molecule is CN(Cc1nnc2ccccn12)C(=O)C1Cc2cc(Cl)ccc2O1. The summed E-state index contributed by atoms with van der Waals surface area (Å²) >= 11 is 5.99. The maximum absolute atomic E-state index is 12.7. The van der Waals surface area contributed by atoms with E-state index in [-0.39, 0.29) is 5.91 Å². The molecule has 0 saturated heterocycles. The first kappa shape index (κ1) is 15.0. The fraction of sp³-hybridized carbons (Fsp3) is 0.235. The van der Waals surface area contributed by atoms with Crippen molar-refractivity contribution in [3.8, 4) is 5.75 Å². The molecule has 24 heavy (non-hydrogen) atoms. The lowest BCUT2D eigenvalue weighted by Gasteiger charge is -2.20. The molecule has 122 valence electrons. The van der Waals surface area contributed by atoms with Gasteiger partial charge < -0.3 is 9.64 Å². The normalized spacial score (nSPS) is 16.0. The van der Waals surface area contributed by atoms with E-state index in [9.17, 15) is 4.79 Å². The molecule has 6 nitrogen and oxygen atoms in total. The van der Waals surface area contributed by atoms with Crippen LogP contribution in [0.4, 0.5) is 0 Å². The topological polar surface area (TPSA) is 59.7 Å². The number of fused-ring (bicyclic) bond motifs is 2. The van der Waals surface area contributed by atoms with E-state index in [1.54, 1.807) is 24.1 Å². The summed E-state index contributed by atoms with van der Waals surface area (Å²) in [5, 5.41) is 8.90. The van der Waals surface area contributed by atoms with Crippen molar-refractivity contribution in [1.82, 2.24) is 19.5 Å². The summed E-state index contributed by atoms with van der Waals surface area (Å²) in [7, 11) is 1.74. The third-order valence-corrected chi connectivity index (χ3v) is 4.35. The van der Waals surface area contributed by atoms with Crippen LogP contribution in [0.5, 0.6) is 5.75 Å². The molecule has 2 aromatic heterocycles. The van der Waals surface area contributed by atoms with Crippen molar-refractivity contribution in [3.05, 3.63) is 59.0 Å². The number of nitrogens with zero attached hydrogens (tertiary/aromatic N) is 4. The fourth-order valence-electron chi connectivity index (χ4n) is 2.89. The average molecular weight is 343 g/mol. The summed E-state index contributed by atoms with van der Waals surface area (Å²) in [6.45, 7) is 0.362. The second-order valence-electron chi connectivity index (χ2n) is 5.80. The number of rotatable bonds is 3. The van der Waals surface area contributed by atoms with Gasteiger partial charge in [0, 0.05) is 24.7 Å². The van der Waals surface area contributed by atoms with E-state index >= 15 is 0 Å². The molecule has 3 heterocycles. The van der Waals surface area contributed by atoms with Crippen molar-refractivity contribution in [2.45, 2.75) is 19.1 Å². The number of likely N-dealkylation sites (N-methyl/N-ethyl adjacent to an activating group) is 1. The number of aromatic nitrogens is 3. The minimum atomic E-state index is -0.525. The molecule has 7 heteroatoms. The van der Waals surface area contributed by atoms with Crippen LogP contribution >= 0.6 is 11.6 Å². The van der Waals surface area contributed by atoms with Crippen LogP contribution in [-0.2, 0) is 17.8 Å². The molecular weight excluding hydrogens is 328 g/mol. The van der Waals surface area contributed by atoms with Crippen molar-refractivity contribution in [1.29, 1.82) is 0 Å². The van der Waals surface area contributed by atoms with Gasteiger partial charge >= 0.3 is 0 Å². The molecule has 0 bridgehead atoms. The van der Waals surface area contributed by atoms with E-state index in [0.717, 1.165) is 17.0 Å². The predicted molar refractivity (Wildman–Crippen MR) is 89.0 cm³/mol. The number of carbonyl (C=O) groups is 1. The van der Waals surface area contributed by atoms with Crippen molar-refractivity contribution in [3.63, 3.8) is 0 Å². The summed E-state index contributed by atoms with van der Waals surface area (Å²) in [6, 6.07) is 11.1. The Kier molecular flexibility index (Phi) is 3.61. The van der Waals surface area contributed by atoms with E-state index in [1.165, 1.54) is 0 Å². The van der Waals surface area contributed by atoms with Crippen LogP contribution in [0.1, 0.15) is 11.4 Å². The largest absolute Gasteiger partial charge is 0.480 e. The standard InChI is InChI=1S/C17H15ClN4O2/c1-21(10-16-20-19-15-4-2-3-7-22(15)16)17(23)14-9-11-8-12(18)5-6-13(11)24-14/h2-8,14H,9-10H2,1H3. The number of ether oxygens (including phenoxy) is 1. The Hall–Kier alpha value is -2.60. The highest BCUT2D eigenvalue weighted by Crippen LogP contribution is 2.31. The third kappa shape index (κ3) is 2.59. The van der Waals surface area contributed by atoms with Crippen LogP contribution in [0.25, 0.3) is 5.65 Å². The number of hydrogen-bond donors (Lipinski definition) is 0. The van der Waals surface area contributed by atoms with E-state index < -0.39 is 6.10 Å². The number of carbonyl (C=O) groups excluding carboxylic acids is 1. The molecular formula is C17H15ClN4O2. The van der Waals surface area contributed by atoms with Gasteiger partial charge in [0.25, 0.3) is 5.91 Å². The number of hydrogen-bond acceptors (Lipinski definition) is 4. The molecule has 1 aromatic carbocycles. The minimum absolute atomic E-state index is 0.0880. The third-order valence-electron chi connectivity index (χ3n) is 4.11. The van der Waals surface area contributed by atoms with Crippen molar-refractivity contribution >= 4 is 23.2 Å². The Labute approximate surface area is 143 Å². The van der Waals surface area contributed by atoms with Crippen LogP contribution in [0.2, 0.25) is 5.02 Å². The zero-order valence-corrected chi connectivity index (χ0v) is 13.8. The minimum Gasteiger partial charge on any atom is -0.480 e. The Balaban J connectivity index is 1.49. The van der Waals surface area contributed by atoms with Gasteiger partial charge in [0.15, 0.2) is 17.6 Å². The van der Waals surface area contributed by atoms with Gasteiger partial charge in [-0.15, -0.1) is 10.2 Å². The molecule has 3 aromatic rings. The highest BCUT2D eigenvalue weighted by atomic mass is 35.5. The molecule has 0 radical (unpaired) electrons. The summed E-state index contributed by atoms with van der Waals surface area (Å²) in [5.74, 6) is 1.34. The second kappa shape index (κ2) is 5.79. The smallest absolute Gasteiger partial charge is 0.264 e. The summed E-state index contributed by atoms with van der Waals surface area (Å²) in [5.41, 5.74) is 1.72. The summed E-state index contributed by atoms with van der Waals surface area (Å²) in [4.78, 5) is 14.3. The van der Waals surface area contributed by atoms with Gasteiger partial charge in [-0.1, -0.05) is 17.7 Å². The van der Waals surface area contributed by atoms with E-state index in [1.807, 2.05) is 34.9 Å². The predicted octanol–water partition coefficient (Wildman–Crippen LogP) is 2.34. The maximum atomic E-state index is 12.7. The van der Waals surface area contributed by atoms with Crippen LogP contribution in [0, 0.1) is 0 Å². The van der Waals surface area contributed by atoms with Crippen molar-refractivity contribution < 1.29 is 9.53 Å². The number of benzene rings is 1. The first-order valence-corrected chi connectivity index (χ1v) is 7.98. The zero-order chi connectivity index (χ0) is 16.7. The quantitative estimate of drug-likeness (QED) is 0.733. The average Bonchev–Trinajstić information content (AvgIpc) is 3.18. The van der Waals surface area contributed by atoms with Gasteiger partial charge in [0.1, 0.15) is 5.75 Å². The lowest BCUT2D eigenvalue weighted by molar-refractivity contribution is -0.137. The molecule has 1 aliphatic heterocycles. The summed E-state index contributed by atoms with van der Waals surface area (Å²) in [6.07, 6.45) is 1.88. The van der Waals surface area contributed by atoms with Crippen LogP contribution < -0.4 is 4.74 Å². The molecule has 1 amide bonds. The van der Waals surface area contributed by atoms with Gasteiger partial charge in [-0.25, -0.2) is 0 Å². The first-order chi connectivity index (χ1) is 11.6. The molecule has 1 unspecified atom stereocenters. The monoisotopic (exact) mass is 342 g/mol. The molecule has 1 atom stereocenters. The molecule has 1 aliphatic rings. The van der Waals surface area contributed by atoms with E-state index in [2.05, 4.69) is 10.2 Å². The highest BCUT2D eigenvalue weighted by molar-refractivity contribution is 6.30. The first-order valence-electron chi connectivity index (χ1n) is 7.60. The molecule has 0 saturated carbocycles. The van der Waals surface area contributed by atoms with Crippen molar-refractivity contribution in [2.75, 3.05) is 7.05 Å². The molecule has 0 fully saturated rings. The van der Waals surface area contributed by atoms with E-state index in [4.69, 9.17) is 16.3 Å². The maximum Gasteiger partial charge on any atom is 0.264 e. The van der Waals surface area contributed by atoms with Crippen LogP contribution in [0.3, 0.4) is 0 Å². The lowest BCUT2D eigenvalue weighted by atomic mass is 10.1. The summed E-state index contributed by atoms with van der Waals surface area (Å²) < 4.78 is 7.63. The number of halogens is 1. The fourth-order valence-corrected chi connectivity index (χ4v) is 3.08. The molecule has 0 aliphatic carbocycles. The van der Waals surface area contributed by atoms with Gasteiger partial charge in [0.05, 0.1) is 6.54 Å². The number of pyridine rings is 1. The van der Waals surface area contributed by atoms with Gasteiger partial charge in [-0.05, 0) is 35.9 Å². The van der Waals surface area contributed by atoms with E-state index in [0.29, 0.717) is 23.8 Å². The Morgan fingerprint density at radius 3 is 3.12 bits per heavy atom. The molecule has 4 rings (SSSR count). The zero-order valence-electron chi connectivity index (χ0n) is 13.0. The highest BCUT2D eigenvalue weighted by Gasteiger charge is 2.31. The molecule has 0 spiro atoms. The van der Waals surface area contributed by atoms with Crippen LogP contribution in [0.15, 0.2) is 42.6 Å².